The molecule has 2 unspecified atom stereocenters. The summed E-state index contributed by atoms with van der Waals surface area (Å²) < 4.78 is 0. The summed E-state index contributed by atoms with van der Waals surface area (Å²) >= 11 is 0. The number of aromatic hydroxyl groups is 1. The van der Waals surface area contributed by atoms with Crippen molar-refractivity contribution in [1.29, 1.82) is 0 Å². The van der Waals surface area contributed by atoms with Crippen LogP contribution in [0.3, 0.4) is 0 Å². The van der Waals surface area contributed by atoms with Crippen molar-refractivity contribution in [2.24, 2.45) is 10.9 Å². The van der Waals surface area contributed by atoms with Gasteiger partial charge in [0.15, 0.2) is 0 Å². The van der Waals surface area contributed by atoms with Gasteiger partial charge in [0.1, 0.15) is 11.8 Å². The van der Waals surface area contributed by atoms with Crippen molar-refractivity contribution in [3.8, 4) is 5.75 Å². The summed E-state index contributed by atoms with van der Waals surface area (Å²) in [6, 6.07) is 16.2. The number of anilines is 1. The molecular formula is C20H22N2O3. The Morgan fingerprint density at radius 1 is 1.20 bits per heavy atom. The second kappa shape index (κ2) is 7.83. The smallest absolute Gasteiger partial charge is 0.328 e. The summed E-state index contributed by atoms with van der Waals surface area (Å²) in [4.78, 5) is 18.1. The lowest BCUT2D eigenvalue weighted by molar-refractivity contribution is -0.138. The average molecular weight is 338 g/mol. The largest absolute Gasteiger partial charge is 0.507 e. The second-order valence-corrected chi connectivity index (χ2v) is 6.36. The van der Waals surface area contributed by atoms with Crippen molar-refractivity contribution in [3.05, 3.63) is 60.2 Å². The Balaban J connectivity index is 1.63. The minimum Gasteiger partial charge on any atom is -0.507 e. The van der Waals surface area contributed by atoms with E-state index in [0.29, 0.717) is 17.9 Å². The van der Waals surface area contributed by atoms with Crippen LogP contribution in [-0.2, 0) is 4.79 Å². The van der Waals surface area contributed by atoms with E-state index in [9.17, 15) is 15.0 Å². The summed E-state index contributed by atoms with van der Waals surface area (Å²) in [5.41, 5.74) is 1.71. The first-order chi connectivity index (χ1) is 12.1. The fourth-order valence-corrected chi connectivity index (χ4v) is 3.21. The number of para-hydroxylation sites is 2. The van der Waals surface area contributed by atoms with Crippen molar-refractivity contribution < 1.29 is 15.0 Å². The van der Waals surface area contributed by atoms with Gasteiger partial charge < -0.3 is 15.1 Å². The Bertz CT molecular complexity index is 746. The summed E-state index contributed by atoms with van der Waals surface area (Å²) in [7, 11) is 0. The van der Waals surface area contributed by atoms with Crippen LogP contribution in [0.25, 0.3) is 0 Å². The zero-order chi connectivity index (χ0) is 17.6. The molecule has 1 heterocycles. The topological polar surface area (TPSA) is 73.1 Å². The van der Waals surface area contributed by atoms with Crippen LogP contribution in [0.2, 0.25) is 0 Å². The molecule has 1 aliphatic rings. The number of hydrogen-bond acceptors (Lipinski definition) is 4. The van der Waals surface area contributed by atoms with E-state index in [2.05, 4.69) is 22.0 Å². The number of nitrogens with zero attached hydrogens (tertiary/aromatic N) is 2. The maximum absolute atomic E-state index is 11.6. The van der Waals surface area contributed by atoms with Gasteiger partial charge in [-0.3, -0.25) is 4.99 Å². The van der Waals surface area contributed by atoms with Crippen molar-refractivity contribution in [2.45, 2.75) is 18.9 Å². The molecule has 0 saturated carbocycles. The number of rotatable bonds is 6. The van der Waals surface area contributed by atoms with Gasteiger partial charge >= 0.3 is 5.97 Å². The fourth-order valence-electron chi connectivity index (χ4n) is 3.21. The molecule has 0 amide bonds. The lowest BCUT2D eigenvalue weighted by atomic mass is 9.99. The molecule has 2 N–H and O–H groups in total. The maximum atomic E-state index is 11.6. The third-order valence-corrected chi connectivity index (χ3v) is 4.58. The van der Waals surface area contributed by atoms with Crippen LogP contribution in [0.1, 0.15) is 18.4 Å². The van der Waals surface area contributed by atoms with Gasteiger partial charge in [0.05, 0.1) is 0 Å². The highest BCUT2D eigenvalue weighted by Crippen LogP contribution is 2.27. The number of benzene rings is 2. The van der Waals surface area contributed by atoms with Crippen molar-refractivity contribution >= 4 is 17.9 Å². The number of carboxylic acid groups (broad SMARTS) is 1. The highest BCUT2D eigenvalue weighted by Gasteiger charge is 2.28. The predicted molar refractivity (Wildman–Crippen MR) is 98.5 cm³/mol. The highest BCUT2D eigenvalue weighted by molar-refractivity contribution is 5.85. The Morgan fingerprint density at radius 3 is 2.64 bits per heavy atom. The molecule has 1 aliphatic heterocycles. The van der Waals surface area contributed by atoms with Gasteiger partial charge in [-0.05, 0) is 43.0 Å². The van der Waals surface area contributed by atoms with E-state index in [4.69, 9.17) is 0 Å². The van der Waals surface area contributed by atoms with Crippen molar-refractivity contribution in [3.63, 3.8) is 0 Å². The number of carboxylic acids is 1. The van der Waals surface area contributed by atoms with Gasteiger partial charge in [-0.15, -0.1) is 0 Å². The summed E-state index contributed by atoms with van der Waals surface area (Å²) in [5.74, 6) is -0.529. The third-order valence-electron chi connectivity index (χ3n) is 4.58. The van der Waals surface area contributed by atoms with E-state index in [1.807, 2.05) is 18.2 Å². The molecular weight excluding hydrogens is 316 g/mol. The monoisotopic (exact) mass is 338 g/mol. The second-order valence-electron chi connectivity index (χ2n) is 6.36. The van der Waals surface area contributed by atoms with Crippen LogP contribution in [0, 0.1) is 5.92 Å². The van der Waals surface area contributed by atoms with E-state index in [-0.39, 0.29) is 5.75 Å². The molecule has 25 heavy (non-hydrogen) atoms. The molecule has 1 saturated heterocycles. The van der Waals surface area contributed by atoms with Gasteiger partial charge in [0, 0.05) is 30.6 Å². The van der Waals surface area contributed by atoms with Crippen LogP contribution in [0.5, 0.6) is 5.75 Å². The summed E-state index contributed by atoms with van der Waals surface area (Å²) in [5, 5.41) is 19.2. The Kier molecular flexibility index (Phi) is 5.33. The Labute approximate surface area is 147 Å². The lowest BCUT2D eigenvalue weighted by Crippen LogP contribution is -2.24. The number of carbonyl (C=O) groups is 1. The predicted octanol–water partition coefficient (Wildman–Crippen LogP) is 3.18. The molecule has 1 fully saturated rings. The average Bonchev–Trinajstić information content (AvgIpc) is 3.09. The van der Waals surface area contributed by atoms with Crippen LogP contribution in [0.4, 0.5) is 5.69 Å². The van der Waals surface area contributed by atoms with Gasteiger partial charge in [-0.25, -0.2) is 4.79 Å². The van der Waals surface area contributed by atoms with E-state index in [0.717, 1.165) is 19.5 Å². The van der Waals surface area contributed by atoms with E-state index >= 15 is 0 Å². The molecule has 2 aromatic rings. The highest BCUT2D eigenvalue weighted by atomic mass is 16.4. The number of aliphatic imine (C=N–C) groups is 1. The van der Waals surface area contributed by atoms with E-state index in [1.165, 1.54) is 11.9 Å². The first-order valence-corrected chi connectivity index (χ1v) is 8.47. The van der Waals surface area contributed by atoms with Gasteiger partial charge in [0.25, 0.3) is 0 Å². The number of hydrogen-bond donors (Lipinski definition) is 2. The van der Waals surface area contributed by atoms with Crippen LogP contribution >= 0.6 is 0 Å². The standard InChI is InChI=1S/C20H22N2O3/c23-19-9-5-4-6-16(19)13-21-18(20(24)25)12-15-10-11-22(14-15)17-7-2-1-3-8-17/h1-9,13,15,18,23H,10-12,14H2,(H,24,25). The van der Waals surface area contributed by atoms with Gasteiger partial charge in [0.2, 0.25) is 0 Å². The van der Waals surface area contributed by atoms with Gasteiger partial charge in [-0.1, -0.05) is 30.3 Å². The normalized spacial score (nSPS) is 18.6. The Hall–Kier alpha value is -2.82. The SMILES string of the molecule is O=C(O)C(CC1CCN(c2ccccc2)C1)N=Cc1ccccc1O. The van der Waals surface area contributed by atoms with Gasteiger partial charge in [-0.2, -0.15) is 0 Å². The minimum atomic E-state index is -0.926. The molecule has 0 radical (unpaired) electrons. The number of phenolic OH excluding ortho intramolecular Hbond substituents is 1. The Morgan fingerprint density at radius 2 is 1.92 bits per heavy atom. The van der Waals surface area contributed by atoms with E-state index in [1.54, 1.807) is 24.3 Å². The minimum absolute atomic E-state index is 0.103. The molecule has 5 heteroatoms. The summed E-state index contributed by atoms with van der Waals surface area (Å²) in [6.07, 6.45) is 2.92. The molecule has 3 rings (SSSR count). The number of phenols is 1. The third kappa shape index (κ3) is 4.38. The molecule has 2 atom stereocenters. The molecule has 0 spiro atoms. The van der Waals surface area contributed by atoms with Crippen molar-refractivity contribution in [1.82, 2.24) is 0 Å². The van der Waals surface area contributed by atoms with Crippen LogP contribution in [0.15, 0.2) is 59.6 Å². The molecule has 0 aromatic heterocycles. The van der Waals surface area contributed by atoms with E-state index < -0.39 is 12.0 Å². The fraction of sp³-hybridized carbons (Fsp3) is 0.300. The molecule has 130 valence electrons. The first-order valence-electron chi connectivity index (χ1n) is 8.47. The molecule has 0 aliphatic carbocycles. The summed E-state index contributed by atoms with van der Waals surface area (Å²) in [6.45, 7) is 1.78. The molecule has 0 bridgehead atoms. The quantitative estimate of drug-likeness (QED) is 0.794. The molecule has 2 aromatic carbocycles. The first kappa shape index (κ1) is 17.0. The molecule has 5 nitrogen and oxygen atoms in total. The zero-order valence-electron chi connectivity index (χ0n) is 14.0. The maximum Gasteiger partial charge on any atom is 0.328 e. The number of aliphatic carboxylic acids is 1. The van der Waals surface area contributed by atoms with Crippen LogP contribution in [-0.4, -0.2) is 41.5 Å². The lowest BCUT2D eigenvalue weighted by Gasteiger charge is -2.19. The zero-order valence-corrected chi connectivity index (χ0v) is 14.0. The van der Waals surface area contributed by atoms with Crippen molar-refractivity contribution in [2.75, 3.05) is 18.0 Å². The van der Waals surface area contributed by atoms with Crippen LogP contribution < -0.4 is 4.90 Å².